The van der Waals surface area contributed by atoms with Crippen molar-refractivity contribution in [1.29, 1.82) is 0 Å². The van der Waals surface area contributed by atoms with Crippen LogP contribution in [0.2, 0.25) is 0 Å². The van der Waals surface area contributed by atoms with Gasteiger partial charge in [-0.3, -0.25) is 0 Å². The van der Waals surface area contributed by atoms with Crippen LogP contribution < -0.4 is 10.2 Å². The van der Waals surface area contributed by atoms with Gasteiger partial charge in [0.1, 0.15) is 5.82 Å². The second kappa shape index (κ2) is 11.3. The van der Waals surface area contributed by atoms with E-state index in [-0.39, 0.29) is 23.9 Å². The first-order valence-corrected chi connectivity index (χ1v) is 11.2. The van der Waals surface area contributed by atoms with Gasteiger partial charge in [0.25, 0.3) is 0 Å². The summed E-state index contributed by atoms with van der Waals surface area (Å²) in [6.07, 6.45) is -2.86. The zero-order chi connectivity index (χ0) is 24.7. The van der Waals surface area contributed by atoms with E-state index in [0.717, 1.165) is 43.4 Å². The highest BCUT2D eigenvalue weighted by atomic mass is 19.4. The number of aromatic nitrogens is 2. The largest absolute Gasteiger partial charge is 0.470 e. The lowest BCUT2D eigenvalue weighted by molar-refractivity contribution is -0.156. The molecule has 0 spiro atoms. The molecular weight excluding hydrogens is 448 g/mol. The Bertz CT molecular complexity index is 1080. The quantitative estimate of drug-likeness (QED) is 0.415. The minimum atomic E-state index is -4.76. The summed E-state index contributed by atoms with van der Waals surface area (Å²) in [5.41, 5.74) is 2.26. The van der Waals surface area contributed by atoms with E-state index in [4.69, 9.17) is 0 Å². The molecule has 0 unspecified atom stereocenters. The first-order valence-electron chi connectivity index (χ1n) is 11.2. The summed E-state index contributed by atoms with van der Waals surface area (Å²) in [4.78, 5) is 1.99. The highest BCUT2D eigenvalue weighted by Crippen LogP contribution is 2.32. The molecule has 0 radical (unpaired) electrons. The Morgan fingerprint density at radius 1 is 1.09 bits per heavy atom. The normalized spacial score (nSPS) is 14.3. The van der Waals surface area contributed by atoms with Crippen molar-refractivity contribution in [3.05, 3.63) is 78.1 Å². The van der Waals surface area contributed by atoms with Crippen LogP contribution in [-0.4, -0.2) is 23.3 Å². The molecule has 0 atom stereocenters. The molecule has 1 saturated heterocycles. The third-order valence-electron chi connectivity index (χ3n) is 5.52. The van der Waals surface area contributed by atoms with E-state index in [2.05, 4.69) is 26.5 Å². The SMILES string of the molecule is C=C(C1CCNCC1)N(Cc1ccc(-c2nnc(C(F)(F)F)o2)cc1F)c1ccccc1.CC. The monoisotopic (exact) mass is 476 g/mol. The van der Waals surface area contributed by atoms with Crippen LogP contribution in [0.3, 0.4) is 0 Å². The maximum Gasteiger partial charge on any atom is 0.470 e. The van der Waals surface area contributed by atoms with Crippen LogP contribution >= 0.6 is 0 Å². The predicted molar refractivity (Wildman–Crippen MR) is 123 cm³/mol. The molecule has 1 fully saturated rings. The number of nitrogens with zero attached hydrogens (tertiary/aromatic N) is 3. The van der Waals surface area contributed by atoms with Crippen molar-refractivity contribution >= 4 is 5.69 Å². The number of hydrogen-bond acceptors (Lipinski definition) is 5. The lowest BCUT2D eigenvalue weighted by Crippen LogP contribution is -2.34. The Labute approximate surface area is 196 Å². The van der Waals surface area contributed by atoms with Gasteiger partial charge < -0.3 is 14.6 Å². The maximum atomic E-state index is 15.0. The number of nitrogens with one attached hydrogen (secondary N) is 1. The molecular formula is C25H28F4N4O. The molecule has 182 valence electrons. The van der Waals surface area contributed by atoms with E-state index in [0.29, 0.717) is 5.56 Å². The van der Waals surface area contributed by atoms with Crippen molar-refractivity contribution in [3.63, 3.8) is 0 Å². The summed E-state index contributed by atoms with van der Waals surface area (Å²) in [5, 5.41) is 9.71. The average Bonchev–Trinajstić information content (AvgIpc) is 3.36. The number of rotatable bonds is 6. The Balaban J connectivity index is 0.00000158. The predicted octanol–water partition coefficient (Wildman–Crippen LogP) is 6.44. The first-order chi connectivity index (χ1) is 16.3. The summed E-state index contributed by atoms with van der Waals surface area (Å²) in [6.45, 7) is 10.3. The minimum Gasteiger partial charge on any atom is -0.413 e. The van der Waals surface area contributed by atoms with Gasteiger partial charge in [-0.15, -0.1) is 10.2 Å². The van der Waals surface area contributed by atoms with Crippen molar-refractivity contribution in [1.82, 2.24) is 15.5 Å². The lowest BCUT2D eigenvalue weighted by Gasteiger charge is -2.34. The third-order valence-corrected chi connectivity index (χ3v) is 5.52. The van der Waals surface area contributed by atoms with Crippen molar-refractivity contribution in [2.75, 3.05) is 18.0 Å². The van der Waals surface area contributed by atoms with Crippen LogP contribution in [0.4, 0.5) is 23.2 Å². The molecule has 1 aliphatic heterocycles. The molecule has 1 aromatic heterocycles. The number of anilines is 1. The second-order valence-corrected chi connectivity index (χ2v) is 7.65. The number of benzene rings is 2. The van der Waals surface area contributed by atoms with E-state index in [1.807, 2.05) is 49.1 Å². The number of para-hydroxylation sites is 1. The Hall–Kier alpha value is -3.20. The molecule has 2 aromatic carbocycles. The van der Waals surface area contributed by atoms with Crippen LogP contribution in [-0.2, 0) is 12.7 Å². The summed E-state index contributed by atoms with van der Waals surface area (Å²) < 4.78 is 57.8. The molecule has 0 bridgehead atoms. The lowest BCUT2D eigenvalue weighted by atomic mass is 9.93. The summed E-state index contributed by atoms with van der Waals surface area (Å²) in [6, 6.07) is 13.7. The summed E-state index contributed by atoms with van der Waals surface area (Å²) in [7, 11) is 0. The average molecular weight is 477 g/mol. The van der Waals surface area contributed by atoms with E-state index in [1.165, 1.54) is 12.1 Å². The van der Waals surface area contributed by atoms with E-state index in [1.54, 1.807) is 0 Å². The Kier molecular flexibility index (Phi) is 8.44. The van der Waals surface area contributed by atoms with Crippen molar-refractivity contribution in [3.8, 4) is 11.5 Å². The van der Waals surface area contributed by atoms with Crippen molar-refractivity contribution in [2.24, 2.45) is 5.92 Å². The molecule has 4 rings (SSSR count). The topological polar surface area (TPSA) is 54.2 Å². The smallest absolute Gasteiger partial charge is 0.413 e. The van der Waals surface area contributed by atoms with Gasteiger partial charge >= 0.3 is 12.1 Å². The molecule has 34 heavy (non-hydrogen) atoms. The molecule has 2 heterocycles. The molecule has 1 N–H and O–H groups in total. The standard InChI is InChI=1S/C23H22F4N4O.C2H6/c1-15(16-9-11-28-12-10-16)31(19-5-3-2-4-6-19)14-18-8-7-17(13-20(18)24)21-29-30-22(32-21)23(25,26)27;1-2/h2-8,13,16,28H,1,9-12,14H2;1-2H3. The number of alkyl halides is 3. The minimum absolute atomic E-state index is 0.0812. The van der Waals surface area contributed by atoms with E-state index >= 15 is 0 Å². The van der Waals surface area contributed by atoms with E-state index in [9.17, 15) is 17.6 Å². The zero-order valence-electron chi connectivity index (χ0n) is 19.2. The molecule has 0 saturated carbocycles. The van der Waals surface area contributed by atoms with Gasteiger partial charge in [-0.05, 0) is 50.2 Å². The number of piperidine rings is 1. The van der Waals surface area contributed by atoms with Crippen LogP contribution in [0.25, 0.3) is 11.5 Å². The summed E-state index contributed by atoms with van der Waals surface area (Å²) in [5.74, 6) is -2.15. The second-order valence-electron chi connectivity index (χ2n) is 7.65. The third kappa shape index (κ3) is 6.02. The molecule has 9 heteroatoms. The fourth-order valence-electron chi connectivity index (χ4n) is 3.78. The van der Waals surface area contributed by atoms with Gasteiger partial charge in [0.2, 0.25) is 5.89 Å². The Morgan fingerprint density at radius 2 is 1.76 bits per heavy atom. The van der Waals surface area contributed by atoms with Crippen LogP contribution in [0.15, 0.2) is 65.2 Å². The molecule has 5 nitrogen and oxygen atoms in total. The first kappa shape index (κ1) is 25.4. The fraction of sp³-hybridized carbons (Fsp3) is 0.360. The highest BCUT2D eigenvalue weighted by Gasteiger charge is 2.38. The molecule has 0 amide bonds. The molecule has 0 aliphatic carbocycles. The van der Waals surface area contributed by atoms with Gasteiger partial charge in [0.15, 0.2) is 0 Å². The summed E-state index contributed by atoms with van der Waals surface area (Å²) >= 11 is 0. The zero-order valence-corrected chi connectivity index (χ0v) is 19.2. The number of halogens is 4. The van der Waals surface area contributed by atoms with Gasteiger partial charge in [-0.1, -0.05) is 44.7 Å². The maximum absolute atomic E-state index is 15.0. The van der Waals surface area contributed by atoms with Gasteiger partial charge in [-0.25, -0.2) is 4.39 Å². The van der Waals surface area contributed by atoms with Crippen molar-refractivity contribution < 1.29 is 22.0 Å². The van der Waals surface area contributed by atoms with Gasteiger partial charge in [-0.2, -0.15) is 13.2 Å². The molecule has 1 aliphatic rings. The fourth-order valence-corrected chi connectivity index (χ4v) is 3.78. The molecule has 3 aromatic rings. The van der Waals surface area contributed by atoms with Crippen molar-refractivity contribution in [2.45, 2.75) is 39.4 Å². The Morgan fingerprint density at radius 3 is 2.35 bits per heavy atom. The van der Waals surface area contributed by atoms with Gasteiger partial charge in [0, 0.05) is 28.4 Å². The van der Waals surface area contributed by atoms with Crippen LogP contribution in [0.1, 0.15) is 38.1 Å². The van der Waals surface area contributed by atoms with Crippen LogP contribution in [0, 0.1) is 11.7 Å². The van der Waals surface area contributed by atoms with E-state index < -0.39 is 17.9 Å². The van der Waals surface area contributed by atoms with Crippen LogP contribution in [0.5, 0.6) is 0 Å². The van der Waals surface area contributed by atoms with Gasteiger partial charge in [0.05, 0.1) is 6.54 Å². The number of hydrogen-bond donors (Lipinski definition) is 1. The highest BCUT2D eigenvalue weighted by molar-refractivity contribution is 5.56. The number of allylic oxidation sites excluding steroid dienone is 1.